The van der Waals surface area contributed by atoms with Crippen molar-refractivity contribution >= 4 is 17.8 Å². The number of likely N-dealkylation sites (tertiary alicyclic amines) is 1. The van der Waals surface area contributed by atoms with Gasteiger partial charge in [-0.25, -0.2) is 9.78 Å². The number of aryl methyl sites for hydroxylation is 1. The smallest absolute Gasteiger partial charge is 0.329 e. The zero-order valence-corrected chi connectivity index (χ0v) is 18.3. The first-order chi connectivity index (χ1) is 16.0. The van der Waals surface area contributed by atoms with Gasteiger partial charge < -0.3 is 10.1 Å². The van der Waals surface area contributed by atoms with Crippen molar-refractivity contribution in [3.05, 3.63) is 49.1 Å². The van der Waals surface area contributed by atoms with Crippen LogP contribution in [0.15, 0.2) is 49.1 Å². The van der Waals surface area contributed by atoms with Crippen LogP contribution in [0.25, 0.3) is 11.3 Å². The number of ether oxygens (including phenoxy) is 1. The number of aromatic nitrogens is 4. The number of anilines is 1. The number of carbonyl (C=O) groups is 2. The van der Waals surface area contributed by atoms with Gasteiger partial charge in [0.05, 0.1) is 23.5 Å². The second kappa shape index (κ2) is 8.62. The standard InChI is InChI=1S/C23H25N7O3/c1-29-15-16(13-27-29)19-12-17(4-8-25-19)33-18-2-3-20(26-14-18)28-22(32)30-11-7-23(21(30)31)5-9-24-10-6-23/h2-4,8,12-15,24H,5-7,9-11H2,1H3,(H,26,28,32). The van der Waals surface area contributed by atoms with Gasteiger partial charge in [0.15, 0.2) is 0 Å². The summed E-state index contributed by atoms with van der Waals surface area (Å²) in [6.07, 6.45) is 9.08. The summed E-state index contributed by atoms with van der Waals surface area (Å²) < 4.78 is 7.60. The molecule has 2 aliphatic rings. The average Bonchev–Trinajstić information content (AvgIpc) is 3.40. The molecule has 2 saturated heterocycles. The van der Waals surface area contributed by atoms with Crippen LogP contribution in [0.3, 0.4) is 0 Å². The molecule has 10 nitrogen and oxygen atoms in total. The molecule has 3 aromatic heterocycles. The van der Waals surface area contributed by atoms with Crippen LogP contribution in [0.4, 0.5) is 10.6 Å². The molecule has 0 aromatic carbocycles. The Kier molecular flexibility index (Phi) is 5.51. The van der Waals surface area contributed by atoms with Crippen molar-refractivity contribution in [2.75, 3.05) is 25.0 Å². The topological polar surface area (TPSA) is 114 Å². The number of nitrogens with one attached hydrogen (secondary N) is 2. The molecule has 0 radical (unpaired) electrons. The Hall–Kier alpha value is -3.79. The second-order valence-corrected chi connectivity index (χ2v) is 8.43. The fourth-order valence-corrected chi connectivity index (χ4v) is 4.40. The number of pyridine rings is 2. The van der Waals surface area contributed by atoms with Crippen LogP contribution < -0.4 is 15.4 Å². The summed E-state index contributed by atoms with van der Waals surface area (Å²) in [5.41, 5.74) is 1.24. The zero-order chi connectivity index (χ0) is 22.8. The maximum Gasteiger partial charge on any atom is 0.329 e. The lowest BCUT2D eigenvalue weighted by Gasteiger charge is -2.31. The highest BCUT2D eigenvalue weighted by Gasteiger charge is 2.48. The first-order valence-corrected chi connectivity index (χ1v) is 11.0. The fraction of sp³-hybridized carbons (Fsp3) is 0.348. The minimum absolute atomic E-state index is 0.0800. The summed E-state index contributed by atoms with van der Waals surface area (Å²) in [5, 5.41) is 10.2. The number of amides is 3. The second-order valence-electron chi connectivity index (χ2n) is 8.43. The third kappa shape index (κ3) is 4.29. The normalized spacial score (nSPS) is 17.4. The lowest BCUT2D eigenvalue weighted by molar-refractivity contribution is -0.134. The van der Waals surface area contributed by atoms with E-state index in [0.717, 1.165) is 37.2 Å². The molecule has 2 fully saturated rings. The largest absolute Gasteiger partial charge is 0.456 e. The van der Waals surface area contributed by atoms with Crippen molar-refractivity contribution in [1.82, 2.24) is 30.0 Å². The molecule has 5 heterocycles. The number of carbonyl (C=O) groups excluding carboxylic acids is 2. The minimum atomic E-state index is -0.438. The Morgan fingerprint density at radius 2 is 1.97 bits per heavy atom. The van der Waals surface area contributed by atoms with Crippen molar-refractivity contribution in [1.29, 1.82) is 0 Å². The third-order valence-electron chi connectivity index (χ3n) is 6.26. The Morgan fingerprint density at radius 1 is 1.12 bits per heavy atom. The van der Waals surface area contributed by atoms with Crippen LogP contribution in [0.2, 0.25) is 0 Å². The summed E-state index contributed by atoms with van der Waals surface area (Å²) in [4.78, 5) is 35.5. The lowest BCUT2D eigenvalue weighted by atomic mass is 9.78. The quantitative estimate of drug-likeness (QED) is 0.632. The predicted octanol–water partition coefficient (Wildman–Crippen LogP) is 2.80. The molecule has 0 atom stereocenters. The monoisotopic (exact) mass is 447 g/mol. The molecule has 0 unspecified atom stereocenters. The van der Waals surface area contributed by atoms with Gasteiger partial charge in [0.25, 0.3) is 0 Å². The molecule has 0 saturated carbocycles. The Labute approximate surface area is 191 Å². The van der Waals surface area contributed by atoms with Crippen molar-refractivity contribution in [3.8, 4) is 22.8 Å². The van der Waals surface area contributed by atoms with Crippen LogP contribution in [0.5, 0.6) is 11.5 Å². The first kappa shape index (κ1) is 21.1. The molecule has 3 amide bonds. The number of hydrogen-bond donors (Lipinski definition) is 2. The van der Waals surface area contributed by atoms with Crippen molar-refractivity contribution < 1.29 is 14.3 Å². The molecule has 170 valence electrons. The van der Waals surface area contributed by atoms with E-state index in [-0.39, 0.29) is 5.91 Å². The first-order valence-electron chi connectivity index (χ1n) is 11.0. The minimum Gasteiger partial charge on any atom is -0.456 e. The molecule has 2 aliphatic heterocycles. The molecule has 0 bridgehead atoms. The molecule has 33 heavy (non-hydrogen) atoms. The van der Waals surface area contributed by atoms with Gasteiger partial charge in [-0.15, -0.1) is 0 Å². The molecule has 10 heteroatoms. The Bertz CT molecular complexity index is 1170. The number of nitrogens with zero attached hydrogens (tertiary/aromatic N) is 5. The molecule has 1 spiro atoms. The average molecular weight is 447 g/mol. The molecule has 5 rings (SSSR count). The van der Waals surface area contributed by atoms with E-state index in [2.05, 4.69) is 25.7 Å². The molecule has 0 aliphatic carbocycles. The van der Waals surface area contributed by atoms with Gasteiger partial charge in [-0.3, -0.25) is 24.7 Å². The predicted molar refractivity (Wildman–Crippen MR) is 121 cm³/mol. The number of urea groups is 1. The molecular weight excluding hydrogens is 422 g/mol. The number of piperidine rings is 1. The van der Waals surface area contributed by atoms with Crippen molar-refractivity contribution in [2.24, 2.45) is 12.5 Å². The summed E-state index contributed by atoms with van der Waals surface area (Å²) in [7, 11) is 1.85. The van der Waals surface area contributed by atoms with E-state index in [4.69, 9.17) is 4.74 Å². The Balaban J connectivity index is 1.21. The highest BCUT2D eigenvalue weighted by atomic mass is 16.5. The van der Waals surface area contributed by atoms with Gasteiger partial charge in [-0.2, -0.15) is 5.10 Å². The summed E-state index contributed by atoms with van der Waals surface area (Å²) in [6, 6.07) is 6.50. The van der Waals surface area contributed by atoms with Gasteiger partial charge in [0.1, 0.15) is 17.3 Å². The fourth-order valence-electron chi connectivity index (χ4n) is 4.40. The third-order valence-corrected chi connectivity index (χ3v) is 6.26. The van der Waals surface area contributed by atoms with E-state index in [1.165, 1.54) is 11.1 Å². The van der Waals surface area contributed by atoms with E-state index >= 15 is 0 Å². The highest BCUT2D eigenvalue weighted by Crippen LogP contribution is 2.40. The van der Waals surface area contributed by atoms with E-state index in [1.54, 1.807) is 35.3 Å². The number of rotatable bonds is 4. The molecule has 3 aromatic rings. The van der Waals surface area contributed by atoms with Gasteiger partial charge in [0.2, 0.25) is 5.91 Å². The van der Waals surface area contributed by atoms with Crippen molar-refractivity contribution in [2.45, 2.75) is 19.3 Å². The summed E-state index contributed by atoms with van der Waals surface area (Å²) >= 11 is 0. The summed E-state index contributed by atoms with van der Waals surface area (Å²) in [6.45, 7) is 2.06. The highest BCUT2D eigenvalue weighted by molar-refractivity contribution is 6.04. The van der Waals surface area contributed by atoms with E-state index < -0.39 is 11.4 Å². The van der Waals surface area contributed by atoms with Crippen molar-refractivity contribution in [3.63, 3.8) is 0 Å². The molecular formula is C23H25N7O3. The number of hydrogen-bond acceptors (Lipinski definition) is 7. The van der Waals surface area contributed by atoms with E-state index in [1.807, 2.05) is 19.3 Å². The SMILES string of the molecule is Cn1cc(-c2cc(Oc3ccc(NC(=O)N4CCC5(CCNCC5)C4=O)nc3)ccn2)cn1. The summed E-state index contributed by atoms with van der Waals surface area (Å²) in [5.74, 6) is 1.40. The maximum atomic E-state index is 12.9. The lowest BCUT2D eigenvalue weighted by Crippen LogP contribution is -2.45. The van der Waals surface area contributed by atoms with Crippen LogP contribution in [-0.2, 0) is 11.8 Å². The van der Waals surface area contributed by atoms with Crippen LogP contribution >= 0.6 is 0 Å². The van der Waals surface area contributed by atoms with Crippen LogP contribution in [0.1, 0.15) is 19.3 Å². The Morgan fingerprint density at radius 3 is 2.70 bits per heavy atom. The van der Waals surface area contributed by atoms with E-state index in [9.17, 15) is 9.59 Å². The van der Waals surface area contributed by atoms with Crippen LogP contribution in [0, 0.1) is 5.41 Å². The zero-order valence-electron chi connectivity index (χ0n) is 18.3. The maximum absolute atomic E-state index is 12.9. The van der Waals surface area contributed by atoms with Gasteiger partial charge in [-0.05, 0) is 50.6 Å². The van der Waals surface area contributed by atoms with E-state index in [0.29, 0.717) is 30.3 Å². The van der Waals surface area contributed by atoms with Gasteiger partial charge >= 0.3 is 6.03 Å². The molecule has 2 N–H and O–H groups in total. The van der Waals surface area contributed by atoms with Gasteiger partial charge in [0, 0.05) is 37.6 Å². The van der Waals surface area contributed by atoms with Gasteiger partial charge in [-0.1, -0.05) is 0 Å². The number of imide groups is 1. The van der Waals surface area contributed by atoms with Crippen LogP contribution in [-0.4, -0.2) is 56.2 Å².